The molecule has 1 amide bonds. The highest BCUT2D eigenvalue weighted by Crippen LogP contribution is 2.32. The molecule has 1 aromatic heterocycles. The number of para-hydroxylation sites is 3. The van der Waals surface area contributed by atoms with Gasteiger partial charge >= 0.3 is 0 Å². The lowest BCUT2D eigenvalue weighted by Gasteiger charge is -2.34. The number of nitrogens with zero attached hydrogens (tertiary/aromatic N) is 2. The van der Waals surface area contributed by atoms with Gasteiger partial charge in [-0.2, -0.15) is 0 Å². The first-order valence-electron chi connectivity index (χ1n) is 11.1. The number of hydrogen-bond acceptors (Lipinski definition) is 8. The van der Waals surface area contributed by atoms with Gasteiger partial charge in [0, 0.05) is 30.1 Å². The van der Waals surface area contributed by atoms with E-state index in [0.29, 0.717) is 47.9 Å². The Balaban J connectivity index is 1.48. The first kappa shape index (κ1) is 26.1. The molecule has 0 unspecified atom stereocenters. The lowest BCUT2D eigenvalue weighted by molar-refractivity contribution is 0.102. The zero-order chi connectivity index (χ0) is 25.9. The van der Waals surface area contributed by atoms with Crippen molar-refractivity contribution >= 4 is 54.4 Å². The van der Waals surface area contributed by atoms with Crippen molar-refractivity contribution < 1.29 is 21.6 Å². The predicted molar refractivity (Wildman–Crippen MR) is 144 cm³/mol. The summed E-state index contributed by atoms with van der Waals surface area (Å²) < 4.78 is 51.6. The van der Waals surface area contributed by atoms with Crippen molar-refractivity contribution in [1.29, 1.82) is 0 Å². The van der Waals surface area contributed by atoms with Crippen LogP contribution in [0.25, 0.3) is 10.6 Å². The van der Waals surface area contributed by atoms with Gasteiger partial charge in [0.15, 0.2) is 0 Å². The molecule has 1 aliphatic heterocycles. The molecule has 1 saturated heterocycles. The monoisotopic (exact) mass is 549 g/mol. The van der Waals surface area contributed by atoms with Crippen molar-refractivity contribution in [2.45, 2.75) is 18.9 Å². The maximum atomic E-state index is 13.0. The number of sulfonamides is 2. The standard InChI is InChI=1S/C23H27N5O5S3/c1-35(30,31)26-16-11-13-28(14-12-16)21-10-6-5-9-19(21)24-22(29)20-15-34-23(25-20)17-7-3-4-8-18(17)27-36(2,32)33/h3-10,15-16,26-27H,11-14H2,1-2H3,(H,24,29). The van der Waals surface area contributed by atoms with Gasteiger partial charge in [0.1, 0.15) is 10.7 Å². The molecule has 3 N–H and O–H groups in total. The second-order valence-corrected chi connectivity index (χ2v) is 13.0. The van der Waals surface area contributed by atoms with Crippen LogP contribution in [0.2, 0.25) is 0 Å². The molecule has 1 fully saturated rings. The van der Waals surface area contributed by atoms with E-state index in [4.69, 9.17) is 0 Å². The number of benzene rings is 2. The zero-order valence-electron chi connectivity index (χ0n) is 19.8. The summed E-state index contributed by atoms with van der Waals surface area (Å²) in [6.07, 6.45) is 3.55. The maximum Gasteiger partial charge on any atom is 0.275 e. The van der Waals surface area contributed by atoms with E-state index in [1.54, 1.807) is 29.6 Å². The van der Waals surface area contributed by atoms with Crippen LogP contribution in [-0.4, -0.2) is 59.4 Å². The number of hydrogen-bond donors (Lipinski definition) is 3. The number of nitrogens with one attached hydrogen (secondary N) is 3. The highest BCUT2D eigenvalue weighted by molar-refractivity contribution is 7.92. The molecule has 0 aliphatic carbocycles. The second kappa shape index (κ2) is 10.5. The Labute approximate surface area is 214 Å². The van der Waals surface area contributed by atoms with Gasteiger partial charge in [-0.15, -0.1) is 11.3 Å². The van der Waals surface area contributed by atoms with Crippen molar-refractivity contribution in [1.82, 2.24) is 9.71 Å². The largest absolute Gasteiger partial charge is 0.370 e. The van der Waals surface area contributed by atoms with E-state index in [1.807, 2.05) is 24.3 Å². The highest BCUT2D eigenvalue weighted by Gasteiger charge is 2.24. The van der Waals surface area contributed by atoms with Crippen LogP contribution in [0.1, 0.15) is 23.3 Å². The number of thiazole rings is 1. The Morgan fingerprint density at radius 1 is 0.944 bits per heavy atom. The molecule has 0 radical (unpaired) electrons. The van der Waals surface area contributed by atoms with Crippen LogP contribution < -0.4 is 19.7 Å². The fraction of sp³-hybridized carbons (Fsp3) is 0.304. The van der Waals surface area contributed by atoms with Crippen molar-refractivity contribution in [3.63, 3.8) is 0 Å². The van der Waals surface area contributed by atoms with Gasteiger partial charge in [0.05, 0.1) is 29.6 Å². The number of carbonyl (C=O) groups excluding carboxylic acids is 1. The maximum absolute atomic E-state index is 13.0. The van der Waals surface area contributed by atoms with E-state index in [-0.39, 0.29) is 17.6 Å². The molecule has 1 aliphatic rings. The van der Waals surface area contributed by atoms with E-state index in [0.717, 1.165) is 18.2 Å². The van der Waals surface area contributed by atoms with Gasteiger partial charge in [-0.25, -0.2) is 26.5 Å². The Morgan fingerprint density at radius 3 is 2.25 bits per heavy atom. The van der Waals surface area contributed by atoms with Crippen LogP contribution >= 0.6 is 11.3 Å². The van der Waals surface area contributed by atoms with E-state index in [2.05, 4.69) is 24.6 Å². The molecule has 2 aromatic carbocycles. The average molecular weight is 550 g/mol. The lowest BCUT2D eigenvalue weighted by atomic mass is 10.0. The van der Waals surface area contributed by atoms with Gasteiger partial charge < -0.3 is 10.2 Å². The SMILES string of the molecule is CS(=O)(=O)Nc1ccccc1-c1nc(C(=O)Nc2ccccc2N2CCC(NS(C)(=O)=O)CC2)cs1. The van der Waals surface area contributed by atoms with Crippen molar-refractivity contribution in [2.75, 3.05) is 40.5 Å². The minimum Gasteiger partial charge on any atom is -0.370 e. The summed E-state index contributed by atoms with van der Waals surface area (Å²) in [6.45, 7) is 1.29. The fourth-order valence-electron chi connectivity index (χ4n) is 4.04. The second-order valence-electron chi connectivity index (χ2n) is 8.58. The van der Waals surface area contributed by atoms with E-state index in [1.165, 1.54) is 11.3 Å². The Morgan fingerprint density at radius 2 is 1.58 bits per heavy atom. The average Bonchev–Trinajstić information content (AvgIpc) is 3.29. The summed E-state index contributed by atoms with van der Waals surface area (Å²) in [7, 11) is -6.73. The molecule has 192 valence electrons. The smallest absolute Gasteiger partial charge is 0.275 e. The van der Waals surface area contributed by atoms with Crippen LogP contribution in [0.5, 0.6) is 0 Å². The predicted octanol–water partition coefficient (Wildman–Crippen LogP) is 2.95. The number of anilines is 3. The normalized spacial score (nSPS) is 15.0. The Kier molecular flexibility index (Phi) is 7.64. The molecule has 2 heterocycles. The molecule has 0 atom stereocenters. The summed E-state index contributed by atoms with van der Waals surface area (Å²) in [4.78, 5) is 19.6. The number of carbonyl (C=O) groups is 1. The summed E-state index contributed by atoms with van der Waals surface area (Å²) in [5.74, 6) is -0.382. The minimum absolute atomic E-state index is 0.105. The third-order valence-corrected chi connectivity index (χ3v) is 7.79. The molecule has 13 heteroatoms. The van der Waals surface area contributed by atoms with Gasteiger partial charge in [0.25, 0.3) is 5.91 Å². The molecule has 36 heavy (non-hydrogen) atoms. The van der Waals surface area contributed by atoms with Gasteiger partial charge in [0.2, 0.25) is 20.0 Å². The number of aromatic nitrogens is 1. The van der Waals surface area contributed by atoms with E-state index < -0.39 is 20.0 Å². The lowest BCUT2D eigenvalue weighted by Crippen LogP contribution is -2.44. The number of rotatable bonds is 8. The van der Waals surface area contributed by atoms with Crippen molar-refractivity contribution in [3.8, 4) is 10.6 Å². The topological polar surface area (TPSA) is 138 Å². The molecule has 0 bridgehead atoms. The molecule has 4 rings (SSSR count). The van der Waals surface area contributed by atoms with Crippen LogP contribution in [0.15, 0.2) is 53.9 Å². The summed E-state index contributed by atoms with van der Waals surface area (Å²) in [6, 6.07) is 14.2. The van der Waals surface area contributed by atoms with E-state index in [9.17, 15) is 21.6 Å². The quantitative estimate of drug-likeness (QED) is 0.393. The molecule has 3 aromatic rings. The summed E-state index contributed by atoms with van der Waals surface area (Å²) in [5, 5.41) is 5.08. The van der Waals surface area contributed by atoms with Crippen LogP contribution in [0.3, 0.4) is 0 Å². The van der Waals surface area contributed by atoms with E-state index >= 15 is 0 Å². The van der Waals surface area contributed by atoms with Gasteiger partial charge in [-0.05, 0) is 37.1 Å². The third-order valence-electron chi connectivity index (χ3n) is 5.56. The number of amides is 1. The summed E-state index contributed by atoms with van der Waals surface area (Å²) >= 11 is 1.25. The third kappa shape index (κ3) is 6.81. The first-order chi connectivity index (χ1) is 17.0. The Bertz CT molecular complexity index is 1460. The van der Waals surface area contributed by atoms with Crippen molar-refractivity contribution in [2.24, 2.45) is 0 Å². The van der Waals surface area contributed by atoms with Crippen LogP contribution in [0, 0.1) is 0 Å². The Hall–Kier alpha value is -3.00. The van der Waals surface area contributed by atoms with Crippen LogP contribution in [0.4, 0.5) is 17.1 Å². The zero-order valence-corrected chi connectivity index (χ0v) is 22.2. The minimum atomic E-state index is -3.48. The molecule has 0 spiro atoms. The van der Waals surface area contributed by atoms with Gasteiger partial charge in [-0.3, -0.25) is 9.52 Å². The molecular weight excluding hydrogens is 522 g/mol. The fourth-order valence-corrected chi connectivity index (χ4v) is 6.30. The molecule has 0 saturated carbocycles. The van der Waals surface area contributed by atoms with Crippen molar-refractivity contribution in [3.05, 3.63) is 59.6 Å². The highest BCUT2D eigenvalue weighted by atomic mass is 32.2. The van der Waals surface area contributed by atoms with Crippen LogP contribution in [-0.2, 0) is 20.0 Å². The molecule has 10 nitrogen and oxygen atoms in total. The molecular formula is C23H27N5O5S3. The number of piperidine rings is 1. The van der Waals surface area contributed by atoms with Gasteiger partial charge in [-0.1, -0.05) is 24.3 Å². The summed E-state index contributed by atoms with van der Waals surface area (Å²) in [5.41, 5.74) is 2.67. The first-order valence-corrected chi connectivity index (χ1v) is 15.8.